The van der Waals surface area contributed by atoms with Crippen molar-refractivity contribution in [2.45, 2.75) is 43.9 Å². The molecule has 18 heavy (non-hydrogen) atoms. The van der Waals surface area contributed by atoms with Crippen LogP contribution in [-0.4, -0.2) is 30.1 Å². The number of anilines is 1. The summed E-state index contributed by atoms with van der Waals surface area (Å²) < 4.78 is 7.09. The fourth-order valence-electron chi connectivity index (χ4n) is 3.25. The Bertz CT molecular complexity index is 437. The first-order chi connectivity index (χ1) is 8.63. The summed E-state index contributed by atoms with van der Waals surface area (Å²) in [6.45, 7) is 0. The first kappa shape index (κ1) is 12.3. The van der Waals surface area contributed by atoms with Gasteiger partial charge in [-0.2, -0.15) is 0 Å². The summed E-state index contributed by atoms with van der Waals surface area (Å²) in [5.74, 6) is 0.915. The van der Waals surface area contributed by atoms with Crippen molar-refractivity contribution in [3.63, 3.8) is 0 Å². The largest absolute Gasteiger partial charge is 0.489 e. The average molecular weight is 311 g/mol. The van der Waals surface area contributed by atoms with Crippen LogP contribution in [0.1, 0.15) is 25.7 Å². The molecule has 4 heteroatoms. The Balaban J connectivity index is 1.70. The monoisotopic (exact) mass is 310 g/mol. The van der Waals surface area contributed by atoms with Crippen LogP contribution in [0.3, 0.4) is 0 Å². The summed E-state index contributed by atoms with van der Waals surface area (Å²) in [6, 6.07) is 7.17. The van der Waals surface area contributed by atoms with Gasteiger partial charge in [0.1, 0.15) is 11.9 Å². The zero-order chi connectivity index (χ0) is 12.7. The second kappa shape index (κ2) is 4.74. The molecule has 1 aromatic carbocycles. The van der Waals surface area contributed by atoms with Gasteiger partial charge in [0.2, 0.25) is 0 Å². The lowest BCUT2D eigenvalue weighted by atomic mass is 10.0. The van der Waals surface area contributed by atoms with E-state index in [0.29, 0.717) is 18.2 Å². The van der Waals surface area contributed by atoms with Crippen molar-refractivity contribution >= 4 is 21.6 Å². The number of nitrogens with zero attached hydrogens (tertiary/aromatic N) is 1. The van der Waals surface area contributed by atoms with Crippen LogP contribution in [0.15, 0.2) is 22.7 Å². The maximum Gasteiger partial charge on any atom is 0.134 e. The molecule has 2 aliphatic heterocycles. The fourth-order valence-corrected chi connectivity index (χ4v) is 3.74. The van der Waals surface area contributed by atoms with E-state index in [1.165, 1.54) is 12.8 Å². The Hall–Kier alpha value is -0.740. The number of nitrogen functional groups attached to an aromatic ring is 1. The molecule has 2 unspecified atom stereocenters. The second-order valence-electron chi connectivity index (χ2n) is 5.45. The van der Waals surface area contributed by atoms with E-state index in [0.717, 1.165) is 28.8 Å². The molecule has 0 aromatic heterocycles. The highest BCUT2D eigenvalue weighted by Gasteiger charge is 2.39. The van der Waals surface area contributed by atoms with E-state index in [1.807, 2.05) is 18.2 Å². The maximum absolute atomic E-state index is 6.14. The fraction of sp³-hybridized carbons (Fsp3) is 0.571. The van der Waals surface area contributed by atoms with E-state index in [9.17, 15) is 0 Å². The highest BCUT2D eigenvalue weighted by Crippen LogP contribution is 2.37. The summed E-state index contributed by atoms with van der Waals surface area (Å²) in [5.41, 5.74) is 6.50. The van der Waals surface area contributed by atoms with Gasteiger partial charge in [0.25, 0.3) is 0 Å². The smallest absolute Gasteiger partial charge is 0.134 e. The zero-order valence-corrected chi connectivity index (χ0v) is 12.2. The van der Waals surface area contributed by atoms with Crippen LogP contribution in [0.5, 0.6) is 5.75 Å². The number of hydrogen-bond donors (Lipinski definition) is 1. The summed E-state index contributed by atoms with van der Waals surface area (Å²) in [6.07, 6.45) is 5.28. The Morgan fingerprint density at radius 1 is 1.28 bits per heavy atom. The van der Waals surface area contributed by atoms with E-state index in [1.54, 1.807) is 0 Å². The van der Waals surface area contributed by atoms with E-state index in [-0.39, 0.29) is 0 Å². The van der Waals surface area contributed by atoms with Gasteiger partial charge in [0, 0.05) is 17.8 Å². The number of halogens is 1. The molecule has 2 aliphatic rings. The lowest BCUT2D eigenvalue weighted by molar-refractivity contribution is 0.0657. The van der Waals surface area contributed by atoms with Crippen molar-refractivity contribution in [3.8, 4) is 5.75 Å². The van der Waals surface area contributed by atoms with Gasteiger partial charge < -0.3 is 15.4 Å². The molecule has 2 atom stereocenters. The van der Waals surface area contributed by atoms with Crippen molar-refractivity contribution in [1.82, 2.24) is 4.90 Å². The highest BCUT2D eigenvalue weighted by atomic mass is 79.9. The predicted molar refractivity (Wildman–Crippen MR) is 76.8 cm³/mol. The molecular formula is C14H19BrN2O. The van der Waals surface area contributed by atoms with Crippen LogP contribution in [0.4, 0.5) is 5.69 Å². The number of benzene rings is 1. The number of ether oxygens (including phenoxy) is 1. The molecule has 0 spiro atoms. The predicted octanol–water partition coefficient (Wildman–Crippen LogP) is 3.04. The number of nitrogens with two attached hydrogens (primary N) is 1. The third-order valence-corrected chi connectivity index (χ3v) is 4.92. The van der Waals surface area contributed by atoms with Crippen LogP contribution in [0.25, 0.3) is 0 Å². The van der Waals surface area contributed by atoms with Crippen LogP contribution in [-0.2, 0) is 0 Å². The number of piperidine rings is 1. The van der Waals surface area contributed by atoms with Crippen molar-refractivity contribution in [1.29, 1.82) is 0 Å². The van der Waals surface area contributed by atoms with Gasteiger partial charge >= 0.3 is 0 Å². The molecule has 2 fully saturated rings. The minimum Gasteiger partial charge on any atom is -0.489 e. The Labute approximate surface area is 116 Å². The van der Waals surface area contributed by atoms with Crippen molar-refractivity contribution in [2.75, 3.05) is 12.8 Å². The van der Waals surface area contributed by atoms with Gasteiger partial charge in [0.05, 0.1) is 4.47 Å². The molecule has 2 heterocycles. The summed E-state index contributed by atoms with van der Waals surface area (Å²) in [4.78, 5) is 2.53. The lowest BCUT2D eigenvalue weighted by Gasteiger charge is -2.36. The van der Waals surface area contributed by atoms with Gasteiger partial charge in [-0.15, -0.1) is 0 Å². The standard InChI is InChI=1S/C14H19BrN2O/c1-17-10-3-4-11(17)8-12(7-10)18-14-5-2-9(16)6-13(14)15/h2,5-6,10-12H,3-4,7-8,16H2,1H3. The minimum absolute atomic E-state index is 0.346. The SMILES string of the molecule is CN1C2CCC1CC(Oc1ccc(N)cc1Br)C2. The third kappa shape index (κ3) is 2.24. The molecule has 98 valence electrons. The molecule has 3 rings (SSSR count). The molecule has 1 aromatic rings. The number of fused-ring (bicyclic) bond motifs is 2. The Morgan fingerprint density at radius 2 is 1.94 bits per heavy atom. The highest BCUT2D eigenvalue weighted by molar-refractivity contribution is 9.10. The van der Waals surface area contributed by atoms with Gasteiger partial charge in [-0.25, -0.2) is 0 Å². The quantitative estimate of drug-likeness (QED) is 0.853. The van der Waals surface area contributed by atoms with Crippen LogP contribution >= 0.6 is 15.9 Å². The molecule has 0 amide bonds. The normalized spacial score (nSPS) is 31.6. The first-order valence-electron chi connectivity index (χ1n) is 6.57. The molecule has 0 saturated carbocycles. The first-order valence-corrected chi connectivity index (χ1v) is 7.36. The Morgan fingerprint density at radius 3 is 2.56 bits per heavy atom. The maximum atomic E-state index is 6.14. The number of rotatable bonds is 2. The van der Waals surface area contributed by atoms with Gasteiger partial charge in [-0.3, -0.25) is 0 Å². The van der Waals surface area contributed by atoms with E-state index in [2.05, 4.69) is 27.9 Å². The van der Waals surface area contributed by atoms with Crippen molar-refractivity contribution in [3.05, 3.63) is 22.7 Å². The van der Waals surface area contributed by atoms with Gasteiger partial charge in [-0.05, 0) is 66.9 Å². The van der Waals surface area contributed by atoms with Crippen molar-refractivity contribution in [2.24, 2.45) is 0 Å². The van der Waals surface area contributed by atoms with Gasteiger partial charge in [0.15, 0.2) is 0 Å². The third-order valence-electron chi connectivity index (χ3n) is 4.30. The van der Waals surface area contributed by atoms with E-state index in [4.69, 9.17) is 10.5 Å². The summed E-state index contributed by atoms with van der Waals surface area (Å²) in [7, 11) is 2.25. The van der Waals surface area contributed by atoms with Crippen LogP contribution < -0.4 is 10.5 Å². The lowest BCUT2D eigenvalue weighted by Crippen LogP contribution is -2.43. The van der Waals surface area contributed by atoms with Crippen LogP contribution in [0.2, 0.25) is 0 Å². The molecule has 3 nitrogen and oxygen atoms in total. The molecular weight excluding hydrogens is 292 g/mol. The second-order valence-corrected chi connectivity index (χ2v) is 6.31. The molecule has 2 N–H and O–H groups in total. The average Bonchev–Trinajstić information content (AvgIpc) is 2.57. The topological polar surface area (TPSA) is 38.5 Å². The summed E-state index contributed by atoms with van der Waals surface area (Å²) in [5, 5.41) is 0. The molecule has 2 saturated heterocycles. The minimum atomic E-state index is 0.346. The molecule has 2 bridgehead atoms. The van der Waals surface area contributed by atoms with E-state index >= 15 is 0 Å². The van der Waals surface area contributed by atoms with Crippen molar-refractivity contribution < 1.29 is 4.74 Å². The number of hydrogen-bond acceptors (Lipinski definition) is 3. The molecule has 0 aliphatic carbocycles. The summed E-state index contributed by atoms with van der Waals surface area (Å²) >= 11 is 3.52. The van der Waals surface area contributed by atoms with Crippen LogP contribution in [0, 0.1) is 0 Å². The zero-order valence-electron chi connectivity index (χ0n) is 10.6. The Kier molecular flexibility index (Phi) is 3.24. The van der Waals surface area contributed by atoms with E-state index < -0.39 is 0 Å². The van der Waals surface area contributed by atoms with Gasteiger partial charge in [-0.1, -0.05) is 0 Å². The molecule has 0 radical (unpaired) electrons.